The highest BCUT2D eigenvalue weighted by atomic mass is 16.6. The molecule has 1 N–H and O–H groups in total. The molecule has 1 aliphatic rings. The molecule has 7 nitrogen and oxygen atoms in total. The standard InChI is InChI=1S/C17H19N3O4/c1-11(2)20-8-13-14(18-20)9-19(15(13)16(21)22)17(23)24-10-12-6-4-3-5-7-12/h3-8,11,15H,9-10H2,1-2H3,(H,21,22). The Labute approximate surface area is 139 Å². The summed E-state index contributed by atoms with van der Waals surface area (Å²) >= 11 is 0. The fourth-order valence-electron chi connectivity index (χ4n) is 2.72. The molecule has 3 rings (SSSR count). The third-order valence-electron chi connectivity index (χ3n) is 3.97. The lowest BCUT2D eigenvalue weighted by Gasteiger charge is -2.21. The summed E-state index contributed by atoms with van der Waals surface area (Å²) in [5.41, 5.74) is 2.00. The van der Waals surface area contributed by atoms with Gasteiger partial charge in [-0.2, -0.15) is 5.10 Å². The first-order chi connectivity index (χ1) is 11.5. The zero-order valence-electron chi connectivity index (χ0n) is 13.5. The summed E-state index contributed by atoms with van der Waals surface area (Å²) in [6, 6.07) is 8.33. The topological polar surface area (TPSA) is 84.7 Å². The average molecular weight is 329 g/mol. The molecule has 1 aromatic carbocycles. The van der Waals surface area contributed by atoms with Gasteiger partial charge >= 0.3 is 12.1 Å². The van der Waals surface area contributed by atoms with Crippen LogP contribution in [0.25, 0.3) is 0 Å². The van der Waals surface area contributed by atoms with Crippen LogP contribution in [-0.4, -0.2) is 31.8 Å². The minimum Gasteiger partial charge on any atom is -0.479 e. The van der Waals surface area contributed by atoms with Gasteiger partial charge in [0.05, 0.1) is 12.2 Å². The smallest absolute Gasteiger partial charge is 0.411 e. The van der Waals surface area contributed by atoms with E-state index in [2.05, 4.69) is 5.10 Å². The monoisotopic (exact) mass is 329 g/mol. The van der Waals surface area contributed by atoms with Gasteiger partial charge in [-0.25, -0.2) is 9.59 Å². The van der Waals surface area contributed by atoms with Gasteiger partial charge in [0, 0.05) is 17.8 Å². The Morgan fingerprint density at radius 2 is 2.04 bits per heavy atom. The highest BCUT2D eigenvalue weighted by molar-refractivity contribution is 5.83. The van der Waals surface area contributed by atoms with Gasteiger partial charge in [0.1, 0.15) is 6.61 Å². The van der Waals surface area contributed by atoms with E-state index in [0.29, 0.717) is 11.3 Å². The number of hydrogen-bond acceptors (Lipinski definition) is 4. The van der Waals surface area contributed by atoms with Gasteiger partial charge < -0.3 is 9.84 Å². The summed E-state index contributed by atoms with van der Waals surface area (Å²) in [4.78, 5) is 25.2. The Morgan fingerprint density at radius 1 is 1.33 bits per heavy atom. The van der Waals surface area contributed by atoms with Gasteiger partial charge in [-0.05, 0) is 19.4 Å². The Bertz CT molecular complexity index is 754. The summed E-state index contributed by atoms with van der Waals surface area (Å²) in [7, 11) is 0. The number of ether oxygens (including phenoxy) is 1. The van der Waals surface area contributed by atoms with E-state index >= 15 is 0 Å². The van der Waals surface area contributed by atoms with Crippen molar-refractivity contribution >= 4 is 12.1 Å². The second-order valence-corrected chi connectivity index (χ2v) is 6.01. The number of carboxylic acids is 1. The van der Waals surface area contributed by atoms with Crippen molar-refractivity contribution in [2.45, 2.75) is 39.1 Å². The molecule has 1 amide bonds. The third-order valence-corrected chi connectivity index (χ3v) is 3.97. The van der Waals surface area contributed by atoms with Gasteiger partial charge in [-0.1, -0.05) is 30.3 Å². The summed E-state index contributed by atoms with van der Waals surface area (Å²) in [6.07, 6.45) is 1.05. The van der Waals surface area contributed by atoms with Gasteiger partial charge in [0.15, 0.2) is 6.04 Å². The predicted octanol–water partition coefficient (Wildman–Crippen LogP) is 2.74. The summed E-state index contributed by atoms with van der Waals surface area (Å²) in [5.74, 6) is -1.09. The number of hydrogen-bond donors (Lipinski definition) is 1. The highest BCUT2D eigenvalue weighted by Gasteiger charge is 2.41. The van der Waals surface area contributed by atoms with Gasteiger partial charge in [0.25, 0.3) is 0 Å². The molecule has 1 atom stereocenters. The fourth-order valence-corrected chi connectivity index (χ4v) is 2.72. The Morgan fingerprint density at radius 3 is 2.67 bits per heavy atom. The number of carboxylic acid groups (broad SMARTS) is 1. The van der Waals surface area contributed by atoms with Crippen LogP contribution in [0, 0.1) is 0 Å². The van der Waals surface area contributed by atoms with Crippen molar-refractivity contribution in [2.75, 3.05) is 0 Å². The molecule has 24 heavy (non-hydrogen) atoms. The fraction of sp³-hybridized carbons (Fsp3) is 0.353. The first-order valence-electron chi connectivity index (χ1n) is 7.75. The maximum absolute atomic E-state index is 12.3. The summed E-state index contributed by atoms with van der Waals surface area (Å²) in [5, 5.41) is 13.9. The molecule has 1 aromatic heterocycles. The molecular weight excluding hydrogens is 310 g/mol. The van der Waals surface area contributed by atoms with Crippen molar-refractivity contribution in [3.05, 3.63) is 53.3 Å². The summed E-state index contributed by atoms with van der Waals surface area (Å²) in [6.45, 7) is 4.17. The molecular formula is C17H19N3O4. The number of fused-ring (bicyclic) bond motifs is 1. The largest absolute Gasteiger partial charge is 0.479 e. The molecule has 2 heterocycles. The van der Waals surface area contributed by atoms with Crippen molar-refractivity contribution in [3.8, 4) is 0 Å². The van der Waals surface area contributed by atoms with E-state index in [4.69, 9.17) is 4.74 Å². The molecule has 0 bridgehead atoms. The van der Waals surface area contributed by atoms with Crippen LogP contribution in [0.3, 0.4) is 0 Å². The lowest BCUT2D eigenvalue weighted by molar-refractivity contribution is -0.142. The van der Waals surface area contributed by atoms with Crippen LogP contribution in [0.5, 0.6) is 0 Å². The Balaban J connectivity index is 1.74. The molecule has 2 aromatic rings. The summed E-state index contributed by atoms with van der Waals surface area (Å²) < 4.78 is 6.98. The SMILES string of the molecule is CC(C)n1cc2c(n1)CN(C(=O)OCc1ccccc1)C2C(=O)O. The predicted molar refractivity (Wildman–Crippen MR) is 85.2 cm³/mol. The first kappa shape index (κ1) is 16.0. The average Bonchev–Trinajstić information content (AvgIpc) is 3.10. The number of carbonyl (C=O) groups is 2. The van der Waals surface area contributed by atoms with Crippen LogP contribution in [-0.2, 0) is 22.7 Å². The number of nitrogens with zero attached hydrogens (tertiary/aromatic N) is 3. The maximum atomic E-state index is 12.3. The molecule has 1 unspecified atom stereocenters. The second-order valence-electron chi connectivity index (χ2n) is 6.01. The van der Waals surface area contributed by atoms with Gasteiger partial charge in [-0.15, -0.1) is 0 Å². The number of aromatic nitrogens is 2. The molecule has 0 radical (unpaired) electrons. The van der Waals surface area contributed by atoms with Crippen LogP contribution in [0.2, 0.25) is 0 Å². The van der Waals surface area contributed by atoms with E-state index in [0.717, 1.165) is 5.56 Å². The number of amides is 1. The van der Waals surface area contributed by atoms with Crippen molar-refractivity contribution in [3.63, 3.8) is 0 Å². The van der Waals surface area contributed by atoms with Crippen LogP contribution in [0.1, 0.15) is 42.8 Å². The van der Waals surface area contributed by atoms with Crippen LogP contribution >= 0.6 is 0 Å². The second kappa shape index (κ2) is 6.35. The number of rotatable bonds is 4. The van der Waals surface area contributed by atoms with E-state index in [9.17, 15) is 14.7 Å². The Kier molecular flexibility index (Phi) is 4.24. The lowest BCUT2D eigenvalue weighted by Crippen LogP contribution is -2.34. The van der Waals surface area contributed by atoms with Crippen molar-refractivity contribution < 1.29 is 19.4 Å². The van der Waals surface area contributed by atoms with Crippen molar-refractivity contribution in [1.82, 2.24) is 14.7 Å². The molecule has 0 fully saturated rings. The van der Waals surface area contributed by atoms with Crippen LogP contribution < -0.4 is 0 Å². The zero-order chi connectivity index (χ0) is 17.3. The Hall–Kier alpha value is -2.83. The lowest BCUT2D eigenvalue weighted by atomic mass is 10.1. The molecule has 0 saturated heterocycles. The maximum Gasteiger partial charge on any atom is 0.411 e. The molecule has 7 heteroatoms. The minimum atomic E-state index is -1.09. The third kappa shape index (κ3) is 2.97. The van der Waals surface area contributed by atoms with E-state index in [1.165, 1.54) is 4.90 Å². The van der Waals surface area contributed by atoms with E-state index in [1.54, 1.807) is 10.9 Å². The zero-order valence-corrected chi connectivity index (χ0v) is 13.5. The first-order valence-corrected chi connectivity index (χ1v) is 7.75. The molecule has 0 spiro atoms. The minimum absolute atomic E-state index is 0.103. The van der Waals surface area contributed by atoms with E-state index < -0.39 is 18.1 Å². The number of aliphatic carboxylic acids is 1. The molecule has 1 aliphatic heterocycles. The van der Waals surface area contributed by atoms with Crippen molar-refractivity contribution in [1.29, 1.82) is 0 Å². The highest BCUT2D eigenvalue weighted by Crippen LogP contribution is 2.34. The van der Waals surface area contributed by atoms with Crippen LogP contribution in [0.15, 0.2) is 36.5 Å². The molecule has 0 saturated carbocycles. The van der Waals surface area contributed by atoms with Crippen molar-refractivity contribution in [2.24, 2.45) is 0 Å². The van der Waals surface area contributed by atoms with Gasteiger partial charge in [-0.3, -0.25) is 9.58 Å². The molecule has 126 valence electrons. The van der Waals surface area contributed by atoms with Gasteiger partial charge in [0.2, 0.25) is 0 Å². The number of carbonyl (C=O) groups excluding carboxylic acids is 1. The normalized spacial score (nSPS) is 16.3. The quantitative estimate of drug-likeness (QED) is 0.932. The van der Waals surface area contributed by atoms with Crippen LogP contribution in [0.4, 0.5) is 4.79 Å². The van der Waals surface area contributed by atoms with E-state index in [-0.39, 0.29) is 19.2 Å². The molecule has 0 aliphatic carbocycles. The van der Waals surface area contributed by atoms with E-state index in [1.807, 2.05) is 44.2 Å². The number of benzene rings is 1.